The smallest absolute Gasteiger partial charge is 0.187 e. The second-order valence-corrected chi connectivity index (χ2v) is 8.32. The number of ether oxygens (including phenoxy) is 5. The summed E-state index contributed by atoms with van der Waals surface area (Å²) in [6, 6.07) is 0. The third-order valence-corrected chi connectivity index (χ3v) is 6.06. The summed E-state index contributed by atoms with van der Waals surface area (Å²) in [5.74, 6) is 0. The molecule has 15 heteroatoms. The molecule has 0 saturated carbocycles. The predicted octanol–water partition coefficient (Wildman–Crippen LogP) is -6.55. The average molecular weight is 488 g/mol. The third kappa shape index (κ3) is 5.32. The molecule has 1 unspecified atom stereocenters. The van der Waals surface area contributed by atoms with Gasteiger partial charge in [-0.25, -0.2) is 0 Å². The van der Waals surface area contributed by atoms with Crippen LogP contribution in [0.3, 0.4) is 0 Å². The average Bonchev–Trinajstić information content (AvgIpc) is 2.79. The Hall–Kier alpha value is -0.600. The molecule has 0 aliphatic carbocycles. The van der Waals surface area contributed by atoms with E-state index in [-0.39, 0.29) is 0 Å². The van der Waals surface area contributed by atoms with Crippen LogP contribution in [-0.4, -0.2) is 156 Å². The summed E-state index contributed by atoms with van der Waals surface area (Å²) in [5, 5.41) is 100. The first-order valence-electron chi connectivity index (χ1n) is 10.4. The summed E-state index contributed by atoms with van der Waals surface area (Å²) in [6.45, 7) is -0.0924. The van der Waals surface area contributed by atoms with Gasteiger partial charge in [0.25, 0.3) is 0 Å². The molecule has 15 atom stereocenters. The van der Waals surface area contributed by atoms with Gasteiger partial charge in [0, 0.05) is 0 Å². The van der Waals surface area contributed by atoms with E-state index < -0.39 is 105 Å². The molecule has 0 spiro atoms. The molecule has 0 aromatic heterocycles. The van der Waals surface area contributed by atoms with Crippen LogP contribution in [0.1, 0.15) is 6.92 Å². The molecule has 0 radical (unpaired) electrons. The van der Waals surface area contributed by atoms with Gasteiger partial charge in [0.1, 0.15) is 67.1 Å². The van der Waals surface area contributed by atoms with E-state index in [1.165, 1.54) is 6.92 Å². The number of hydrogen-bond acceptors (Lipinski definition) is 15. The molecule has 15 nitrogen and oxygen atoms in total. The highest BCUT2D eigenvalue weighted by Crippen LogP contribution is 2.32. The Bertz CT molecular complexity index is 626. The fraction of sp³-hybridized carbons (Fsp3) is 1.00. The highest BCUT2D eigenvalue weighted by Gasteiger charge is 2.53. The lowest BCUT2D eigenvalue weighted by Crippen LogP contribution is -2.66. The van der Waals surface area contributed by atoms with E-state index >= 15 is 0 Å². The first-order valence-corrected chi connectivity index (χ1v) is 10.4. The molecule has 0 amide bonds. The van der Waals surface area contributed by atoms with Crippen LogP contribution in [0, 0.1) is 0 Å². The second kappa shape index (κ2) is 11.0. The third-order valence-electron chi connectivity index (χ3n) is 6.06. The highest BCUT2D eigenvalue weighted by molar-refractivity contribution is 4.95. The minimum Gasteiger partial charge on any atom is -0.394 e. The van der Waals surface area contributed by atoms with Gasteiger partial charge in [0.05, 0.1) is 19.3 Å². The van der Waals surface area contributed by atoms with Crippen molar-refractivity contribution in [1.82, 2.24) is 0 Å². The van der Waals surface area contributed by atoms with Gasteiger partial charge in [-0.3, -0.25) is 0 Å². The first kappa shape index (κ1) is 27.0. The number of aliphatic hydroxyl groups excluding tert-OH is 10. The van der Waals surface area contributed by atoms with Crippen molar-refractivity contribution in [2.75, 3.05) is 13.2 Å². The lowest BCUT2D eigenvalue weighted by molar-refractivity contribution is -0.389. The lowest BCUT2D eigenvalue weighted by atomic mass is 9.96. The molecule has 3 saturated heterocycles. The molecule has 10 N–H and O–H groups in total. The van der Waals surface area contributed by atoms with Gasteiger partial charge in [0.2, 0.25) is 0 Å². The van der Waals surface area contributed by atoms with Crippen molar-refractivity contribution >= 4 is 0 Å². The Labute approximate surface area is 187 Å². The van der Waals surface area contributed by atoms with Crippen molar-refractivity contribution in [2.24, 2.45) is 0 Å². The normalized spacial score (nSPS) is 53.7. The van der Waals surface area contributed by atoms with Gasteiger partial charge < -0.3 is 74.7 Å². The first-order chi connectivity index (χ1) is 15.5. The van der Waals surface area contributed by atoms with Gasteiger partial charge >= 0.3 is 0 Å². The number of aliphatic hydroxyl groups is 10. The minimum atomic E-state index is -1.87. The molecule has 0 aromatic rings. The zero-order chi connectivity index (χ0) is 24.6. The molecule has 0 aromatic carbocycles. The number of rotatable bonds is 6. The van der Waals surface area contributed by atoms with Gasteiger partial charge in [-0.1, -0.05) is 0 Å². The van der Waals surface area contributed by atoms with E-state index in [1.807, 2.05) is 0 Å². The molecule has 194 valence electrons. The van der Waals surface area contributed by atoms with Crippen molar-refractivity contribution in [3.8, 4) is 0 Å². The Morgan fingerprint density at radius 2 is 1.06 bits per heavy atom. The van der Waals surface area contributed by atoms with E-state index in [0.717, 1.165) is 0 Å². The molecule has 3 heterocycles. The Morgan fingerprint density at radius 1 is 0.545 bits per heavy atom. The van der Waals surface area contributed by atoms with E-state index in [2.05, 4.69) is 0 Å². The molecule has 3 fully saturated rings. The van der Waals surface area contributed by atoms with Gasteiger partial charge in [-0.05, 0) is 6.92 Å². The largest absolute Gasteiger partial charge is 0.394 e. The maximum absolute atomic E-state index is 10.6. The van der Waals surface area contributed by atoms with Crippen molar-refractivity contribution in [3.63, 3.8) is 0 Å². The summed E-state index contributed by atoms with van der Waals surface area (Å²) < 4.78 is 26.7. The second-order valence-electron chi connectivity index (χ2n) is 8.32. The molecule has 3 rings (SSSR count). The van der Waals surface area contributed by atoms with E-state index in [4.69, 9.17) is 23.7 Å². The Morgan fingerprint density at radius 3 is 1.64 bits per heavy atom. The van der Waals surface area contributed by atoms with E-state index in [1.54, 1.807) is 0 Å². The van der Waals surface area contributed by atoms with Gasteiger partial charge in [0.15, 0.2) is 18.9 Å². The van der Waals surface area contributed by atoms with Crippen LogP contribution < -0.4 is 0 Å². The summed E-state index contributed by atoms with van der Waals surface area (Å²) >= 11 is 0. The van der Waals surface area contributed by atoms with Crippen LogP contribution in [0.2, 0.25) is 0 Å². The summed E-state index contributed by atoms with van der Waals surface area (Å²) in [4.78, 5) is 0. The van der Waals surface area contributed by atoms with Crippen LogP contribution in [0.5, 0.6) is 0 Å². The predicted molar refractivity (Wildman–Crippen MR) is 99.8 cm³/mol. The summed E-state index contributed by atoms with van der Waals surface area (Å²) in [6.07, 6.45) is -24.2. The Kier molecular flexibility index (Phi) is 8.99. The fourth-order valence-electron chi connectivity index (χ4n) is 3.96. The molecular weight excluding hydrogens is 456 g/mol. The standard InChI is InChI=1S/C18H32O15/c1-4-7(21)10(24)13(27)17(29-4)33-15-12(26)9(23)6(3-20)31-18(15)32-14-11(25)8(22)5(2-19)30-16(14)28/h4-28H,2-3H2,1H3/t4-,5+,6+,7-,8+,9+,10+,11-,12-,13+,14-,15-,16?,17-,18+/m0/s1. The van der Waals surface area contributed by atoms with Gasteiger partial charge in [-0.2, -0.15) is 0 Å². The molecule has 3 aliphatic rings. The van der Waals surface area contributed by atoms with Crippen LogP contribution >= 0.6 is 0 Å². The zero-order valence-corrected chi connectivity index (χ0v) is 17.6. The Balaban J connectivity index is 1.81. The van der Waals surface area contributed by atoms with Gasteiger partial charge in [-0.15, -0.1) is 0 Å². The summed E-state index contributed by atoms with van der Waals surface area (Å²) in [7, 11) is 0. The minimum absolute atomic E-state index is 0.714. The van der Waals surface area contributed by atoms with Crippen molar-refractivity contribution in [1.29, 1.82) is 0 Å². The topological polar surface area (TPSA) is 248 Å². The van der Waals surface area contributed by atoms with Crippen molar-refractivity contribution in [3.05, 3.63) is 0 Å². The van der Waals surface area contributed by atoms with E-state index in [0.29, 0.717) is 0 Å². The zero-order valence-electron chi connectivity index (χ0n) is 17.6. The molecule has 33 heavy (non-hydrogen) atoms. The van der Waals surface area contributed by atoms with Crippen molar-refractivity contribution in [2.45, 2.75) is 99.0 Å². The van der Waals surface area contributed by atoms with E-state index in [9.17, 15) is 51.1 Å². The fourth-order valence-corrected chi connectivity index (χ4v) is 3.96. The van der Waals surface area contributed by atoms with Crippen molar-refractivity contribution < 1.29 is 74.7 Å². The molecule has 3 aliphatic heterocycles. The van der Waals surface area contributed by atoms with Crippen LogP contribution in [0.15, 0.2) is 0 Å². The molecular formula is C18H32O15. The maximum Gasteiger partial charge on any atom is 0.187 e. The quantitative estimate of drug-likeness (QED) is 0.167. The maximum atomic E-state index is 10.6. The summed E-state index contributed by atoms with van der Waals surface area (Å²) in [5.41, 5.74) is 0. The number of hydrogen-bond donors (Lipinski definition) is 10. The molecule has 0 bridgehead atoms. The monoisotopic (exact) mass is 488 g/mol. The SMILES string of the molecule is C[C@@H]1O[C@@H](O[C@@H]2[C@@H](O[C@@H]3C(O)O[C@H](CO)[C@@H](O)[C@@H]3O)O[C@H](CO)[C@@H](O)[C@@H]2O)[C@H](O)[C@H](O)[C@H]1O. The highest BCUT2D eigenvalue weighted by atomic mass is 16.8. The lowest BCUT2D eigenvalue weighted by Gasteiger charge is -2.47. The van der Waals surface area contributed by atoms with Crippen LogP contribution in [0.4, 0.5) is 0 Å². The van der Waals surface area contributed by atoms with Crippen LogP contribution in [-0.2, 0) is 23.7 Å². The van der Waals surface area contributed by atoms with Crippen LogP contribution in [0.25, 0.3) is 0 Å².